The van der Waals surface area contributed by atoms with Crippen LogP contribution in [0.2, 0.25) is 5.02 Å². The average Bonchev–Trinajstić information content (AvgIpc) is 3.09. The minimum Gasteiger partial charge on any atom is -0.310 e. The summed E-state index contributed by atoms with van der Waals surface area (Å²) in [5.74, 6) is 0.559. The molecule has 8 heteroatoms. The summed E-state index contributed by atoms with van der Waals surface area (Å²) in [4.78, 5) is 14.9. The molecule has 0 radical (unpaired) electrons. The van der Waals surface area contributed by atoms with Crippen LogP contribution >= 0.6 is 23.4 Å². The molecule has 1 amide bonds. The van der Waals surface area contributed by atoms with Crippen LogP contribution in [0.1, 0.15) is 18.9 Å². The highest BCUT2D eigenvalue weighted by Crippen LogP contribution is 2.30. The predicted octanol–water partition coefficient (Wildman–Crippen LogP) is 4.87. The number of hydrogen-bond donors (Lipinski definition) is 0. The van der Waals surface area contributed by atoms with Crippen molar-refractivity contribution in [3.05, 3.63) is 59.1 Å². The van der Waals surface area contributed by atoms with Crippen LogP contribution < -0.4 is 4.90 Å². The highest BCUT2D eigenvalue weighted by molar-refractivity contribution is 8.00. The van der Waals surface area contributed by atoms with Crippen LogP contribution in [0.15, 0.2) is 53.7 Å². The molecular formula is C22H22ClN5OS. The van der Waals surface area contributed by atoms with Crippen LogP contribution in [-0.2, 0) is 11.8 Å². The van der Waals surface area contributed by atoms with E-state index < -0.39 is 5.25 Å². The lowest BCUT2D eigenvalue weighted by molar-refractivity contribution is -0.117. The number of halogens is 1. The number of aryl methyl sites for hydroxylation is 1. The molecule has 1 unspecified atom stereocenters. The first kappa shape index (κ1) is 21.9. The zero-order valence-corrected chi connectivity index (χ0v) is 18.6. The van der Waals surface area contributed by atoms with Gasteiger partial charge in [0.15, 0.2) is 11.0 Å². The largest absolute Gasteiger partial charge is 0.310 e. The van der Waals surface area contributed by atoms with E-state index in [1.807, 2.05) is 67.9 Å². The molecule has 0 aliphatic carbocycles. The maximum Gasteiger partial charge on any atom is 0.240 e. The number of nitrogens with zero attached hydrogens (tertiary/aromatic N) is 5. The summed E-state index contributed by atoms with van der Waals surface area (Å²) < 4.78 is 1.83. The Morgan fingerprint density at radius 3 is 2.60 bits per heavy atom. The minimum absolute atomic E-state index is 0.0820. The summed E-state index contributed by atoms with van der Waals surface area (Å²) in [7, 11) is 1.85. The van der Waals surface area contributed by atoms with Crippen molar-refractivity contribution in [1.29, 1.82) is 5.26 Å². The molecule has 0 aliphatic rings. The molecule has 0 N–H and O–H groups in total. The number of amides is 1. The van der Waals surface area contributed by atoms with Crippen molar-refractivity contribution in [3.8, 4) is 17.5 Å². The third kappa shape index (κ3) is 4.84. The lowest BCUT2D eigenvalue weighted by Crippen LogP contribution is -2.37. The standard InChI is InChI=1S/C22H22ClN5OS/c1-15-9-11-17(12-10-15)28(14-6-13-24)21(29)16(2)30-22-26-25-20(27(22)3)18-7-4-5-8-19(18)23/h4-5,7-12,16H,6,14H2,1-3H3. The molecule has 6 nitrogen and oxygen atoms in total. The van der Waals surface area contributed by atoms with Crippen molar-refractivity contribution in [3.63, 3.8) is 0 Å². The number of thioether (sulfide) groups is 1. The van der Waals surface area contributed by atoms with Gasteiger partial charge in [0, 0.05) is 24.8 Å². The van der Waals surface area contributed by atoms with Crippen molar-refractivity contribution >= 4 is 35.0 Å². The van der Waals surface area contributed by atoms with E-state index in [2.05, 4.69) is 16.3 Å². The number of rotatable bonds is 7. The van der Waals surface area contributed by atoms with E-state index in [9.17, 15) is 4.79 Å². The van der Waals surface area contributed by atoms with Gasteiger partial charge < -0.3 is 9.47 Å². The smallest absolute Gasteiger partial charge is 0.240 e. The summed E-state index contributed by atoms with van der Waals surface area (Å²) >= 11 is 7.62. The van der Waals surface area contributed by atoms with Crippen LogP contribution in [0.3, 0.4) is 0 Å². The van der Waals surface area contributed by atoms with E-state index >= 15 is 0 Å². The molecule has 0 fully saturated rings. The van der Waals surface area contributed by atoms with Crippen LogP contribution in [0.25, 0.3) is 11.4 Å². The quantitative estimate of drug-likeness (QED) is 0.491. The van der Waals surface area contributed by atoms with E-state index in [0.29, 0.717) is 22.5 Å². The molecule has 154 valence electrons. The average molecular weight is 440 g/mol. The van der Waals surface area contributed by atoms with Crippen LogP contribution in [0, 0.1) is 18.3 Å². The lowest BCUT2D eigenvalue weighted by Gasteiger charge is -2.25. The fraction of sp³-hybridized carbons (Fsp3) is 0.273. The summed E-state index contributed by atoms with van der Waals surface area (Å²) in [6.45, 7) is 4.17. The van der Waals surface area contributed by atoms with Crippen LogP contribution in [-0.4, -0.2) is 32.5 Å². The van der Waals surface area contributed by atoms with Gasteiger partial charge in [-0.2, -0.15) is 5.26 Å². The van der Waals surface area contributed by atoms with Gasteiger partial charge in [-0.1, -0.05) is 53.2 Å². The topological polar surface area (TPSA) is 74.8 Å². The molecule has 1 atom stereocenters. The number of benzene rings is 2. The van der Waals surface area contributed by atoms with Gasteiger partial charge in [-0.05, 0) is 38.1 Å². The third-order valence-corrected chi connectivity index (χ3v) is 6.09. The Morgan fingerprint density at radius 2 is 1.93 bits per heavy atom. The maximum atomic E-state index is 13.2. The summed E-state index contributed by atoms with van der Waals surface area (Å²) in [5, 5.41) is 18.3. The van der Waals surface area contributed by atoms with Crippen molar-refractivity contribution in [2.45, 2.75) is 30.7 Å². The van der Waals surface area contributed by atoms with Crippen molar-refractivity contribution in [2.24, 2.45) is 7.05 Å². The number of hydrogen-bond acceptors (Lipinski definition) is 5. The highest BCUT2D eigenvalue weighted by Gasteiger charge is 2.25. The molecule has 1 heterocycles. The molecule has 3 aromatic rings. The molecule has 0 bridgehead atoms. The van der Waals surface area contributed by atoms with Gasteiger partial charge in [0.05, 0.1) is 22.8 Å². The van der Waals surface area contributed by atoms with Crippen molar-refractivity contribution in [1.82, 2.24) is 14.8 Å². The Labute approximate surface area is 185 Å². The number of carbonyl (C=O) groups excluding carboxylic acids is 1. The first-order valence-corrected chi connectivity index (χ1v) is 10.7. The molecule has 0 saturated heterocycles. The molecule has 0 spiro atoms. The Kier molecular flexibility index (Phi) is 7.14. The van der Waals surface area contributed by atoms with E-state index in [0.717, 1.165) is 16.8 Å². The molecule has 2 aromatic carbocycles. The second-order valence-electron chi connectivity index (χ2n) is 6.84. The molecule has 0 aliphatic heterocycles. The van der Waals surface area contributed by atoms with Gasteiger partial charge in [0.2, 0.25) is 5.91 Å². The van der Waals surface area contributed by atoms with Gasteiger partial charge in [-0.3, -0.25) is 4.79 Å². The Balaban J connectivity index is 1.81. The summed E-state index contributed by atoms with van der Waals surface area (Å²) in [5.41, 5.74) is 2.68. The van der Waals surface area contributed by atoms with Gasteiger partial charge in [0.1, 0.15) is 0 Å². The first-order chi connectivity index (χ1) is 14.4. The van der Waals surface area contributed by atoms with Crippen molar-refractivity contribution in [2.75, 3.05) is 11.4 Å². The molecule has 0 saturated carbocycles. The lowest BCUT2D eigenvalue weighted by atomic mass is 10.2. The van der Waals surface area contributed by atoms with Gasteiger partial charge in [-0.25, -0.2) is 0 Å². The summed E-state index contributed by atoms with van der Waals surface area (Å²) in [6, 6.07) is 17.3. The number of carbonyl (C=O) groups is 1. The second kappa shape index (κ2) is 9.79. The predicted molar refractivity (Wildman–Crippen MR) is 121 cm³/mol. The van der Waals surface area contributed by atoms with E-state index in [1.54, 1.807) is 11.0 Å². The number of anilines is 1. The zero-order valence-electron chi connectivity index (χ0n) is 17.0. The Hall–Kier alpha value is -2.82. The Bertz CT molecular complexity index is 1070. The second-order valence-corrected chi connectivity index (χ2v) is 8.55. The monoisotopic (exact) mass is 439 g/mol. The maximum absolute atomic E-state index is 13.2. The summed E-state index contributed by atoms with van der Waals surface area (Å²) in [6.07, 6.45) is 0.262. The van der Waals surface area contributed by atoms with E-state index in [4.69, 9.17) is 16.9 Å². The normalized spacial score (nSPS) is 11.7. The van der Waals surface area contributed by atoms with Gasteiger partial charge in [0.25, 0.3) is 0 Å². The fourth-order valence-corrected chi connectivity index (χ4v) is 4.07. The van der Waals surface area contributed by atoms with Gasteiger partial charge in [-0.15, -0.1) is 10.2 Å². The fourth-order valence-electron chi connectivity index (χ4n) is 2.98. The third-order valence-electron chi connectivity index (χ3n) is 4.64. The molecule has 3 rings (SSSR count). The van der Waals surface area contributed by atoms with E-state index in [1.165, 1.54) is 11.8 Å². The van der Waals surface area contributed by atoms with Crippen LogP contribution in [0.5, 0.6) is 0 Å². The molecular weight excluding hydrogens is 418 g/mol. The first-order valence-electron chi connectivity index (χ1n) is 9.48. The van der Waals surface area contributed by atoms with Gasteiger partial charge >= 0.3 is 0 Å². The molecule has 1 aromatic heterocycles. The van der Waals surface area contributed by atoms with Crippen molar-refractivity contribution < 1.29 is 4.79 Å². The highest BCUT2D eigenvalue weighted by atomic mass is 35.5. The number of nitriles is 1. The SMILES string of the molecule is Cc1ccc(N(CCC#N)C(=O)C(C)Sc2nnc(-c3ccccc3Cl)n2C)cc1. The zero-order chi connectivity index (χ0) is 21.7. The minimum atomic E-state index is -0.410. The van der Waals surface area contributed by atoms with Crippen LogP contribution in [0.4, 0.5) is 5.69 Å². The Morgan fingerprint density at radius 1 is 1.23 bits per heavy atom. The van der Waals surface area contributed by atoms with E-state index in [-0.39, 0.29) is 12.3 Å². The number of aromatic nitrogens is 3. The molecule has 30 heavy (non-hydrogen) atoms.